The maximum Gasteiger partial charge on any atom is 0.573 e. The van der Waals surface area contributed by atoms with Gasteiger partial charge in [-0.15, -0.1) is 13.2 Å². The number of pyridine rings is 1. The van der Waals surface area contributed by atoms with Crippen molar-refractivity contribution in [3.63, 3.8) is 0 Å². The van der Waals surface area contributed by atoms with Gasteiger partial charge >= 0.3 is 6.36 Å². The third kappa shape index (κ3) is 3.30. The lowest BCUT2D eigenvalue weighted by Crippen LogP contribution is -2.17. The number of aromatic nitrogens is 2. The molecule has 3 rings (SSSR count). The highest BCUT2D eigenvalue weighted by Crippen LogP contribution is 2.32. The van der Waals surface area contributed by atoms with Crippen LogP contribution in [0.15, 0.2) is 54.9 Å². The van der Waals surface area contributed by atoms with Gasteiger partial charge in [-0.1, -0.05) is 18.2 Å². The van der Waals surface area contributed by atoms with Crippen molar-refractivity contribution in [2.24, 2.45) is 0 Å². The number of rotatable bonds is 4. The van der Waals surface area contributed by atoms with Gasteiger partial charge in [0.15, 0.2) is 11.5 Å². The number of imidazole rings is 1. The molecule has 0 aliphatic heterocycles. The summed E-state index contributed by atoms with van der Waals surface area (Å²) < 4.78 is 48.1. The summed E-state index contributed by atoms with van der Waals surface area (Å²) in [5, 5.41) is 0. The molecule has 0 fully saturated rings. The van der Waals surface area contributed by atoms with Crippen LogP contribution in [0.4, 0.5) is 13.2 Å². The molecule has 0 N–H and O–H groups in total. The molecule has 0 radical (unpaired) electrons. The lowest BCUT2D eigenvalue weighted by molar-refractivity contribution is -0.275. The molecule has 22 heavy (non-hydrogen) atoms. The first kappa shape index (κ1) is 14.2. The molecule has 4 nitrogen and oxygen atoms in total. The Bertz CT molecular complexity index is 751. The lowest BCUT2D eigenvalue weighted by Gasteiger charge is -2.13. The van der Waals surface area contributed by atoms with E-state index in [9.17, 15) is 13.2 Å². The van der Waals surface area contributed by atoms with Gasteiger partial charge in [0.1, 0.15) is 12.3 Å². The summed E-state index contributed by atoms with van der Waals surface area (Å²) in [6.45, 7) is 0.0416. The standard InChI is InChI=1S/C15H11F3N2O2/c16-15(17,18)22-13-6-2-1-5-12(13)21-10-11-9-20-8-4-3-7-14(20)19-11/h1-9H,10H2. The highest BCUT2D eigenvalue weighted by Gasteiger charge is 2.32. The van der Waals surface area contributed by atoms with Crippen molar-refractivity contribution in [3.05, 3.63) is 60.6 Å². The van der Waals surface area contributed by atoms with Crippen LogP contribution in [0.2, 0.25) is 0 Å². The van der Waals surface area contributed by atoms with Gasteiger partial charge in [0.25, 0.3) is 0 Å². The van der Waals surface area contributed by atoms with Crippen LogP contribution < -0.4 is 9.47 Å². The molecule has 0 saturated carbocycles. The summed E-state index contributed by atoms with van der Waals surface area (Å²) in [5.74, 6) is -0.365. The number of hydrogen-bond acceptors (Lipinski definition) is 3. The second kappa shape index (κ2) is 5.59. The summed E-state index contributed by atoms with van der Waals surface area (Å²) in [6.07, 6.45) is -1.18. The van der Waals surface area contributed by atoms with Crippen molar-refractivity contribution in [2.45, 2.75) is 13.0 Å². The minimum atomic E-state index is -4.76. The van der Waals surface area contributed by atoms with Crippen molar-refractivity contribution in [1.82, 2.24) is 9.38 Å². The van der Waals surface area contributed by atoms with Gasteiger partial charge in [-0.2, -0.15) is 0 Å². The Balaban J connectivity index is 1.76. The van der Waals surface area contributed by atoms with Crippen molar-refractivity contribution >= 4 is 5.65 Å². The van der Waals surface area contributed by atoms with Crippen LogP contribution in [0.3, 0.4) is 0 Å². The minimum Gasteiger partial charge on any atom is -0.483 e. The fourth-order valence-corrected chi connectivity index (χ4v) is 1.99. The number of hydrogen-bond donors (Lipinski definition) is 0. The Morgan fingerprint density at radius 2 is 1.73 bits per heavy atom. The molecule has 0 amide bonds. The molecular formula is C15H11F3N2O2. The number of alkyl halides is 3. The Labute approximate surface area is 123 Å². The molecule has 2 heterocycles. The summed E-state index contributed by atoms with van der Waals surface area (Å²) in [4.78, 5) is 4.31. The van der Waals surface area contributed by atoms with Crippen LogP contribution in [0.1, 0.15) is 5.69 Å². The largest absolute Gasteiger partial charge is 0.573 e. The molecule has 0 aliphatic carbocycles. The molecule has 0 unspecified atom stereocenters. The fraction of sp³-hybridized carbons (Fsp3) is 0.133. The van der Waals surface area contributed by atoms with E-state index in [2.05, 4.69) is 9.72 Å². The molecule has 2 aromatic heterocycles. The third-order valence-corrected chi connectivity index (χ3v) is 2.86. The summed E-state index contributed by atoms with van der Waals surface area (Å²) in [6, 6.07) is 11.2. The van der Waals surface area contributed by atoms with Crippen molar-refractivity contribution in [3.8, 4) is 11.5 Å². The van der Waals surface area contributed by atoms with Gasteiger partial charge in [-0.3, -0.25) is 0 Å². The molecule has 114 valence electrons. The Morgan fingerprint density at radius 3 is 2.45 bits per heavy atom. The predicted molar refractivity (Wildman–Crippen MR) is 72.6 cm³/mol. The maximum atomic E-state index is 12.3. The van der Waals surface area contributed by atoms with Gasteiger partial charge in [0, 0.05) is 12.4 Å². The average Bonchev–Trinajstić information content (AvgIpc) is 2.87. The van der Waals surface area contributed by atoms with Crippen LogP contribution in [0.25, 0.3) is 5.65 Å². The van der Waals surface area contributed by atoms with E-state index in [-0.39, 0.29) is 18.1 Å². The maximum absolute atomic E-state index is 12.3. The van der Waals surface area contributed by atoms with Gasteiger partial charge in [-0.25, -0.2) is 4.98 Å². The Hall–Kier alpha value is -2.70. The first-order valence-corrected chi connectivity index (χ1v) is 6.41. The number of ether oxygens (including phenoxy) is 2. The van der Waals surface area contributed by atoms with Crippen LogP contribution in [-0.4, -0.2) is 15.7 Å². The SMILES string of the molecule is FC(F)(F)Oc1ccccc1OCc1cn2ccccc2n1. The molecule has 0 aliphatic rings. The van der Waals surface area contributed by atoms with Gasteiger partial charge in [0.05, 0.1) is 5.69 Å². The highest BCUT2D eigenvalue weighted by atomic mass is 19.4. The summed E-state index contributed by atoms with van der Waals surface area (Å²) in [5.41, 5.74) is 1.34. The van der Waals surface area contributed by atoms with Crippen LogP contribution >= 0.6 is 0 Å². The zero-order chi connectivity index (χ0) is 15.6. The molecule has 0 saturated heterocycles. The molecule has 1 aromatic carbocycles. The van der Waals surface area contributed by atoms with Crippen molar-refractivity contribution in [1.29, 1.82) is 0 Å². The zero-order valence-corrected chi connectivity index (χ0v) is 11.2. The van der Waals surface area contributed by atoms with E-state index >= 15 is 0 Å². The third-order valence-electron chi connectivity index (χ3n) is 2.86. The minimum absolute atomic E-state index is 0.0110. The molecule has 0 spiro atoms. The summed E-state index contributed by atoms with van der Waals surface area (Å²) >= 11 is 0. The quantitative estimate of drug-likeness (QED) is 0.735. The van der Waals surface area contributed by atoms with E-state index in [0.29, 0.717) is 5.69 Å². The van der Waals surface area contributed by atoms with Crippen LogP contribution in [-0.2, 0) is 6.61 Å². The highest BCUT2D eigenvalue weighted by molar-refractivity contribution is 5.41. The smallest absolute Gasteiger partial charge is 0.483 e. The van der Waals surface area contributed by atoms with Gasteiger partial charge in [0.2, 0.25) is 0 Å². The first-order valence-electron chi connectivity index (χ1n) is 6.41. The van der Waals surface area contributed by atoms with E-state index < -0.39 is 6.36 Å². The monoisotopic (exact) mass is 308 g/mol. The van der Waals surface area contributed by atoms with E-state index in [1.54, 1.807) is 16.7 Å². The second-order valence-electron chi connectivity index (χ2n) is 4.48. The van der Waals surface area contributed by atoms with E-state index in [1.165, 1.54) is 18.2 Å². The second-order valence-corrected chi connectivity index (χ2v) is 4.48. The van der Waals surface area contributed by atoms with Crippen molar-refractivity contribution in [2.75, 3.05) is 0 Å². The van der Waals surface area contributed by atoms with Gasteiger partial charge < -0.3 is 13.9 Å². The van der Waals surface area contributed by atoms with E-state index in [4.69, 9.17) is 4.74 Å². The number of halogens is 3. The normalized spacial score (nSPS) is 11.6. The van der Waals surface area contributed by atoms with Gasteiger partial charge in [-0.05, 0) is 24.3 Å². The molecule has 0 atom stereocenters. The molecule has 3 aromatic rings. The van der Waals surface area contributed by atoms with Crippen molar-refractivity contribution < 1.29 is 22.6 Å². The summed E-state index contributed by atoms with van der Waals surface area (Å²) in [7, 11) is 0. The lowest BCUT2D eigenvalue weighted by atomic mass is 10.3. The number of para-hydroxylation sites is 2. The molecular weight excluding hydrogens is 297 g/mol. The van der Waals surface area contributed by atoms with E-state index in [0.717, 1.165) is 5.65 Å². The molecule has 7 heteroatoms. The average molecular weight is 308 g/mol. The Kier molecular flexibility index (Phi) is 3.62. The fourth-order valence-electron chi connectivity index (χ4n) is 1.99. The van der Waals surface area contributed by atoms with Crippen LogP contribution in [0.5, 0.6) is 11.5 Å². The first-order chi connectivity index (χ1) is 10.5. The number of fused-ring (bicyclic) bond motifs is 1. The van der Waals surface area contributed by atoms with Crippen LogP contribution in [0, 0.1) is 0 Å². The van der Waals surface area contributed by atoms with E-state index in [1.807, 2.05) is 24.4 Å². The number of nitrogens with zero attached hydrogens (tertiary/aromatic N) is 2. The predicted octanol–water partition coefficient (Wildman–Crippen LogP) is 3.81. The zero-order valence-electron chi connectivity index (χ0n) is 11.2. The molecule has 0 bridgehead atoms. The topological polar surface area (TPSA) is 35.8 Å². The number of benzene rings is 1. The Morgan fingerprint density at radius 1 is 1.00 bits per heavy atom.